The highest BCUT2D eigenvalue weighted by atomic mass is 35.5. The van der Waals surface area contributed by atoms with Crippen LogP contribution in [-0.4, -0.2) is 16.8 Å². The Morgan fingerprint density at radius 3 is 2.63 bits per heavy atom. The molecule has 12 heteroatoms. The second-order valence-electron chi connectivity index (χ2n) is 9.53. The van der Waals surface area contributed by atoms with Crippen molar-refractivity contribution in [3.8, 4) is 17.1 Å². The second-order valence-corrected chi connectivity index (χ2v) is 10.9. The molecule has 0 radical (unpaired) electrons. The largest absolute Gasteiger partial charge is 0.485 e. The van der Waals surface area contributed by atoms with Gasteiger partial charge in [0.1, 0.15) is 39.3 Å². The first-order chi connectivity index (χ1) is 19.5. The number of halogens is 3. The van der Waals surface area contributed by atoms with Crippen molar-refractivity contribution in [1.82, 2.24) is 4.98 Å². The number of thiophene rings is 1. The van der Waals surface area contributed by atoms with Crippen molar-refractivity contribution >= 4 is 50.7 Å². The van der Waals surface area contributed by atoms with Crippen LogP contribution in [0.5, 0.6) is 5.75 Å². The Morgan fingerprint density at radius 1 is 1.20 bits per heavy atom. The standard InChI is InChI=1S/C29H24ClF2N3O5S/c1-13(2)16-10-18(30)14(3)9-22(16)39-12-15-6-7-21(40-15)28(37)35-24-23-17(20-5-4-8-38-20)11-19(26(31)32)34-29(23)41-25(24)27(33)36/h4-11,13,26H,12H2,1-3H3,(H2,33,36)(H,35,37). The summed E-state index contributed by atoms with van der Waals surface area (Å²) in [5.74, 6) is -0.167. The number of amides is 2. The SMILES string of the molecule is Cc1cc(OCc2ccc(C(=O)Nc3c(C(N)=O)sc4nc(C(F)F)cc(-c5ccco5)c34)o2)c(C(C)C)cc1Cl. The smallest absolute Gasteiger partial charge is 0.291 e. The van der Waals surface area contributed by atoms with Crippen LogP contribution in [0.4, 0.5) is 14.5 Å². The van der Waals surface area contributed by atoms with Gasteiger partial charge in [0.15, 0.2) is 5.76 Å². The molecule has 5 aromatic rings. The molecule has 8 nitrogen and oxygen atoms in total. The summed E-state index contributed by atoms with van der Waals surface area (Å²) in [5.41, 5.74) is 7.12. The van der Waals surface area contributed by atoms with Gasteiger partial charge < -0.3 is 24.6 Å². The summed E-state index contributed by atoms with van der Waals surface area (Å²) in [6.45, 7) is 5.98. The van der Waals surface area contributed by atoms with Crippen molar-refractivity contribution in [2.24, 2.45) is 5.73 Å². The first kappa shape index (κ1) is 28.3. The lowest BCUT2D eigenvalue weighted by Gasteiger charge is -2.15. The minimum atomic E-state index is -2.87. The van der Waals surface area contributed by atoms with Crippen molar-refractivity contribution in [3.63, 3.8) is 0 Å². The van der Waals surface area contributed by atoms with Gasteiger partial charge in [0.05, 0.1) is 12.0 Å². The Bertz CT molecular complexity index is 1760. The number of anilines is 1. The molecule has 41 heavy (non-hydrogen) atoms. The van der Waals surface area contributed by atoms with Crippen LogP contribution in [0, 0.1) is 6.92 Å². The molecule has 0 aliphatic rings. The number of nitrogens with one attached hydrogen (secondary N) is 1. The molecule has 0 saturated carbocycles. The number of benzene rings is 1. The van der Waals surface area contributed by atoms with Crippen LogP contribution in [-0.2, 0) is 6.61 Å². The number of aromatic nitrogens is 1. The predicted molar refractivity (Wildman–Crippen MR) is 152 cm³/mol. The summed E-state index contributed by atoms with van der Waals surface area (Å²) in [6.07, 6.45) is -1.49. The number of furan rings is 2. The average Bonchev–Trinajstić information content (AvgIpc) is 3.69. The third kappa shape index (κ3) is 5.68. The second kappa shape index (κ2) is 11.3. The molecule has 4 aromatic heterocycles. The van der Waals surface area contributed by atoms with Crippen molar-refractivity contribution in [2.45, 2.75) is 39.7 Å². The van der Waals surface area contributed by atoms with E-state index in [1.807, 2.05) is 32.9 Å². The van der Waals surface area contributed by atoms with Gasteiger partial charge in [-0.3, -0.25) is 9.59 Å². The summed E-state index contributed by atoms with van der Waals surface area (Å²) in [5, 5.41) is 3.54. The van der Waals surface area contributed by atoms with E-state index in [9.17, 15) is 18.4 Å². The van der Waals surface area contributed by atoms with Crippen LogP contribution < -0.4 is 15.8 Å². The zero-order chi connectivity index (χ0) is 29.4. The molecule has 0 bridgehead atoms. The number of nitrogens with zero attached hydrogens (tertiary/aromatic N) is 1. The Morgan fingerprint density at radius 2 is 1.98 bits per heavy atom. The molecule has 0 unspecified atom stereocenters. The number of fused-ring (bicyclic) bond motifs is 1. The maximum Gasteiger partial charge on any atom is 0.291 e. The van der Waals surface area contributed by atoms with Crippen LogP contribution in [0.25, 0.3) is 21.5 Å². The number of carbonyl (C=O) groups is 2. The van der Waals surface area contributed by atoms with Gasteiger partial charge >= 0.3 is 0 Å². The molecule has 4 heterocycles. The molecule has 0 spiro atoms. The fourth-order valence-electron chi connectivity index (χ4n) is 4.30. The van der Waals surface area contributed by atoms with E-state index in [4.69, 9.17) is 30.9 Å². The van der Waals surface area contributed by atoms with E-state index in [1.54, 1.807) is 18.2 Å². The summed E-state index contributed by atoms with van der Waals surface area (Å²) in [6, 6.07) is 11.1. The van der Waals surface area contributed by atoms with Crippen molar-refractivity contribution in [2.75, 3.05) is 5.32 Å². The van der Waals surface area contributed by atoms with E-state index in [2.05, 4.69) is 10.3 Å². The van der Waals surface area contributed by atoms with E-state index in [-0.39, 0.29) is 50.4 Å². The Balaban J connectivity index is 1.45. The topological polar surface area (TPSA) is 121 Å². The van der Waals surface area contributed by atoms with Gasteiger partial charge in [-0.2, -0.15) is 0 Å². The molecule has 0 aliphatic carbocycles. The lowest BCUT2D eigenvalue weighted by atomic mass is 10.0. The fraction of sp³-hybridized carbons (Fsp3) is 0.207. The predicted octanol–water partition coefficient (Wildman–Crippen LogP) is 8.10. The Hall–Kier alpha value is -4.22. The van der Waals surface area contributed by atoms with Crippen LogP contribution in [0.2, 0.25) is 5.02 Å². The maximum absolute atomic E-state index is 13.6. The quantitative estimate of drug-likeness (QED) is 0.177. The zero-order valence-electron chi connectivity index (χ0n) is 22.1. The molecule has 2 amide bonds. The molecule has 1 aromatic carbocycles. The van der Waals surface area contributed by atoms with Gasteiger partial charge in [0.25, 0.3) is 18.2 Å². The first-order valence-electron chi connectivity index (χ1n) is 12.5. The third-order valence-electron chi connectivity index (χ3n) is 6.32. The van der Waals surface area contributed by atoms with Gasteiger partial charge in [-0.25, -0.2) is 13.8 Å². The number of nitrogens with two attached hydrogens (primary N) is 1. The molecule has 3 N–H and O–H groups in total. The first-order valence-corrected chi connectivity index (χ1v) is 13.6. The minimum absolute atomic E-state index is 0.0228. The molecule has 5 rings (SSSR count). The lowest BCUT2D eigenvalue weighted by molar-refractivity contribution is 0.0992. The number of ether oxygens (including phenoxy) is 1. The van der Waals surface area contributed by atoms with Crippen molar-refractivity contribution < 1.29 is 31.9 Å². The van der Waals surface area contributed by atoms with E-state index < -0.39 is 23.9 Å². The van der Waals surface area contributed by atoms with Crippen molar-refractivity contribution in [1.29, 1.82) is 0 Å². The third-order valence-corrected chi connectivity index (χ3v) is 7.83. The van der Waals surface area contributed by atoms with E-state index >= 15 is 0 Å². The van der Waals surface area contributed by atoms with Gasteiger partial charge in [-0.15, -0.1) is 11.3 Å². The summed E-state index contributed by atoms with van der Waals surface area (Å²) in [4.78, 5) is 29.6. The van der Waals surface area contributed by atoms with Crippen molar-refractivity contribution in [3.05, 3.63) is 87.0 Å². The number of pyridine rings is 1. The molecule has 0 atom stereocenters. The highest BCUT2D eigenvalue weighted by molar-refractivity contribution is 7.21. The molecule has 0 fully saturated rings. The van der Waals surface area contributed by atoms with Gasteiger partial charge in [-0.05, 0) is 66.4 Å². The Labute approximate surface area is 242 Å². The average molecular weight is 600 g/mol. The molecular weight excluding hydrogens is 576 g/mol. The molecule has 0 aliphatic heterocycles. The summed E-state index contributed by atoms with van der Waals surface area (Å²) < 4.78 is 44.4. The number of alkyl halides is 2. The van der Waals surface area contributed by atoms with E-state index in [1.165, 1.54) is 12.3 Å². The van der Waals surface area contributed by atoms with Crippen LogP contribution in [0.1, 0.15) is 69.0 Å². The van der Waals surface area contributed by atoms with Crippen LogP contribution in [0.3, 0.4) is 0 Å². The fourth-order valence-corrected chi connectivity index (χ4v) is 5.48. The highest BCUT2D eigenvalue weighted by Gasteiger charge is 2.26. The number of aryl methyl sites for hydroxylation is 1. The molecule has 0 saturated heterocycles. The zero-order valence-corrected chi connectivity index (χ0v) is 23.7. The molecule has 212 valence electrons. The number of primary amides is 1. The van der Waals surface area contributed by atoms with Crippen LogP contribution in [0.15, 0.2) is 57.6 Å². The van der Waals surface area contributed by atoms with Gasteiger partial charge in [-0.1, -0.05) is 25.4 Å². The highest BCUT2D eigenvalue weighted by Crippen LogP contribution is 2.43. The summed E-state index contributed by atoms with van der Waals surface area (Å²) >= 11 is 7.07. The van der Waals surface area contributed by atoms with Gasteiger partial charge in [0.2, 0.25) is 0 Å². The normalized spacial score (nSPS) is 11.5. The molecular formula is C29H24ClF2N3O5S. The Kier molecular flexibility index (Phi) is 7.83. The summed E-state index contributed by atoms with van der Waals surface area (Å²) in [7, 11) is 0. The minimum Gasteiger partial charge on any atom is -0.485 e. The number of carbonyl (C=O) groups excluding carboxylic acids is 2. The number of rotatable bonds is 9. The van der Waals surface area contributed by atoms with Crippen LogP contribution >= 0.6 is 22.9 Å². The lowest BCUT2D eigenvalue weighted by Crippen LogP contribution is -2.16. The van der Waals surface area contributed by atoms with E-state index in [0.717, 1.165) is 28.5 Å². The number of hydrogen-bond acceptors (Lipinski definition) is 7. The van der Waals surface area contributed by atoms with Gasteiger partial charge in [0, 0.05) is 16.0 Å². The van der Waals surface area contributed by atoms with E-state index in [0.29, 0.717) is 16.5 Å². The monoisotopic (exact) mass is 599 g/mol. The maximum atomic E-state index is 13.6. The number of hydrogen-bond donors (Lipinski definition) is 2.